The third-order valence-corrected chi connectivity index (χ3v) is 6.86. The highest BCUT2D eigenvalue weighted by molar-refractivity contribution is 5.97. The van der Waals surface area contributed by atoms with Gasteiger partial charge in [-0.3, -0.25) is 19.3 Å². The number of fused-ring (bicyclic) bond motifs is 2. The molecule has 2 aromatic rings. The summed E-state index contributed by atoms with van der Waals surface area (Å²) >= 11 is 0. The van der Waals surface area contributed by atoms with Crippen LogP contribution >= 0.6 is 0 Å². The largest absolute Gasteiger partial charge is 0.508 e. The van der Waals surface area contributed by atoms with Gasteiger partial charge in [0.1, 0.15) is 24.7 Å². The molecule has 0 aliphatic carbocycles. The normalized spacial score (nSPS) is 19.4. The van der Waals surface area contributed by atoms with Crippen LogP contribution in [0.15, 0.2) is 42.5 Å². The molecule has 0 radical (unpaired) electrons. The summed E-state index contributed by atoms with van der Waals surface area (Å²) < 4.78 is 51.1. The van der Waals surface area contributed by atoms with Crippen LogP contribution in [0.2, 0.25) is 0 Å². The van der Waals surface area contributed by atoms with Crippen LogP contribution in [-0.4, -0.2) is 103 Å². The molecule has 2 aliphatic heterocycles. The van der Waals surface area contributed by atoms with Crippen molar-refractivity contribution in [3.05, 3.63) is 59.2 Å². The number of amides is 3. The number of hydrogen-bond acceptors (Lipinski definition) is 7. The molecule has 0 saturated carbocycles. The fourth-order valence-corrected chi connectivity index (χ4v) is 4.77. The third kappa shape index (κ3) is 7.02. The molecule has 1 fully saturated rings. The number of nitrogens with one attached hydrogen (secondary N) is 1. The van der Waals surface area contributed by atoms with Crippen LogP contribution in [0.1, 0.15) is 21.5 Å². The Labute approximate surface area is 229 Å². The first kappa shape index (κ1) is 29.2. The van der Waals surface area contributed by atoms with Gasteiger partial charge in [-0.1, -0.05) is 18.2 Å². The quantitative estimate of drug-likeness (QED) is 0.582. The summed E-state index contributed by atoms with van der Waals surface area (Å²) in [5.74, 6) is -1.29. The van der Waals surface area contributed by atoms with Crippen LogP contribution in [0.3, 0.4) is 0 Å². The van der Waals surface area contributed by atoms with E-state index in [1.165, 1.54) is 13.2 Å². The van der Waals surface area contributed by atoms with Crippen LogP contribution in [0.25, 0.3) is 0 Å². The number of carbonyl (C=O) groups excluding carboxylic acids is 3. The number of benzene rings is 2. The SMILES string of the molecule is COCC(=O)N1CCN2C(=O)CN(Cc3ccccc3O)CCNC(=O)c3cc(C(F)(F)F)ccc3OC[C@@H]2C1. The summed E-state index contributed by atoms with van der Waals surface area (Å²) in [5, 5.41) is 12.9. The van der Waals surface area contributed by atoms with Crippen LogP contribution < -0.4 is 10.1 Å². The van der Waals surface area contributed by atoms with Gasteiger partial charge in [-0.15, -0.1) is 0 Å². The molecule has 1 atom stereocenters. The number of alkyl halides is 3. The number of nitrogens with zero attached hydrogens (tertiary/aromatic N) is 3. The van der Waals surface area contributed by atoms with E-state index in [1.54, 1.807) is 32.9 Å². The first-order chi connectivity index (χ1) is 19.1. The lowest BCUT2D eigenvalue weighted by molar-refractivity contribution is -0.146. The zero-order valence-corrected chi connectivity index (χ0v) is 21.9. The maximum Gasteiger partial charge on any atom is 0.416 e. The second-order valence-electron chi connectivity index (χ2n) is 9.63. The van der Waals surface area contributed by atoms with Gasteiger partial charge >= 0.3 is 6.18 Å². The fraction of sp³-hybridized carbons (Fsp3) is 0.444. The number of piperazine rings is 1. The lowest BCUT2D eigenvalue weighted by atomic mass is 10.1. The minimum atomic E-state index is -4.67. The van der Waals surface area contributed by atoms with E-state index in [4.69, 9.17) is 9.47 Å². The van der Waals surface area contributed by atoms with Crippen molar-refractivity contribution in [3.8, 4) is 11.5 Å². The van der Waals surface area contributed by atoms with E-state index in [-0.39, 0.29) is 87.9 Å². The molecule has 4 rings (SSSR count). The number of rotatable bonds is 4. The Morgan fingerprint density at radius 1 is 1.15 bits per heavy atom. The average Bonchev–Trinajstić information content (AvgIpc) is 2.92. The Balaban J connectivity index is 1.66. The summed E-state index contributed by atoms with van der Waals surface area (Å²) in [6.45, 7) is 0.645. The minimum absolute atomic E-state index is 0.0259. The molecule has 40 heavy (non-hydrogen) atoms. The number of phenolic OH excluding ortho intramolecular Hbond substituents is 1. The Hall–Kier alpha value is -3.84. The lowest BCUT2D eigenvalue weighted by Crippen LogP contribution is -2.60. The molecule has 216 valence electrons. The van der Waals surface area contributed by atoms with Crippen molar-refractivity contribution < 1.29 is 42.1 Å². The van der Waals surface area contributed by atoms with Crippen molar-refractivity contribution in [2.75, 3.05) is 59.6 Å². The average molecular weight is 565 g/mol. The van der Waals surface area contributed by atoms with Gasteiger partial charge in [0.2, 0.25) is 11.8 Å². The zero-order valence-electron chi connectivity index (χ0n) is 21.9. The van der Waals surface area contributed by atoms with Gasteiger partial charge in [-0.05, 0) is 24.3 Å². The monoisotopic (exact) mass is 564 g/mol. The predicted octanol–water partition coefficient (Wildman–Crippen LogP) is 1.72. The first-order valence-corrected chi connectivity index (χ1v) is 12.7. The predicted molar refractivity (Wildman–Crippen MR) is 137 cm³/mol. The molecule has 2 N–H and O–H groups in total. The maximum absolute atomic E-state index is 13.5. The van der Waals surface area contributed by atoms with Gasteiger partial charge in [-0.25, -0.2) is 0 Å². The van der Waals surface area contributed by atoms with E-state index in [2.05, 4.69) is 5.32 Å². The first-order valence-electron chi connectivity index (χ1n) is 12.7. The number of hydrogen-bond donors (Lipinski definition) is 2. The fourth-order valence-electron chi connectivity index (χ4n) is 4.77. The van der Waals surface area contributed by atoms with E-state index < -0.39 is 23.7 Å². The van der Waals surface area contributed by atoms with Gasteiger partial charge in [-0.2, -0.15) is 13.2 Å². The van der Waals surface area contributed by atoms with E-state index in [0.717, 1.165) is 18.2 Å². The van der Waals surface area contributed by atoms with Gasteiger partial charge < -0.3 is 29.7 Å². The number of phenols is 1. The van der Waals surface area contributed by atoms with E-state index >= 15 is 0 Å². The van der Waals surface area contributed by atoms with Gasteiger partial charge in [0.15, 0.2) is 0 Å². The van der Waals surface area contributed by atoms with Crippen LogP contribution in [0.4, 0.5) is 13.2 Å². The van der Waals surface area contributed by atoms with Gasteiger partial charge in [0.05, 0.1) is 23.7 Å². The molecule has 3 amide bonds. The topological polar surface area (TPSA) is 112 Å². The molecule has 2 aliphatic rings. The molecular weight excluding hydrogens is 533 g/mol. The highest BCUT2D eigenvalue weighted by Gasteiger charge is 2.35. The molecule has 13 heteroatoms. The molecular formula is C27H31F3N4O6. The minimum Gasteiger partial charge on any atom is -0.508 e. The Bertz CT molecular complexity index is 1240. The summed E-state index contributed by atoms with van der Waals surface area (Å²) in [5.41, 5.74) is -0.718. The highest BCUT2D eigenvalue weighted by Crippen LogP contribution is 2.33. The van der Waals surface area contributed by atoms with E-state index in [9.17, 15) is 32.7 Å². The molecule has 10 nitrogen and oxygen atoms in total. The molecule has 1 saturated heterocycles. The molecule has 2 aromatic carbocycles. The van der Waals surface area contributed by atoms with E-state index in [1.807, 2.05) is 0 Å². The lowest BCUT2D eigenvalue weighted by Gasteiger charge is -2.42. The summed E-state index contributed by atoms with van der Waals surface area (Å²) in [7, 11) is 1.40. The summed E-state index contributed by atoms with van der Waals surface area (Å²) in [6, 6.07) is 8.68. The van der Waals surface area contributed by atoms with Crippen LogP contribution in [0.5, 0.6) is 11.5 Å². The van der Waals surface area contributed by atoms with Crippen molar-refractivity contribution in [3.63, 3.8) is 0 Å². The molecule has 0 spiro atoms. The molecule has 0 unspecified atom stereocenters. The smallest absolute Gasteiger partial charge is 0.416 e. The van der Waals surface area contributed by atoms with Crippen molar-refractivity contribution in [1.82, 2.24) is 20.0 Å². The van der Waals surface area contributed by atoms with Crippen molar-refractivity contribution >= 4 is 17.7 Å². The molecule has 2 heterocycles. The number of halogens is 3. The zero-order chi connectivity index (χ0) is 28.9. The Morgan fingerprint density at radius 3 is 2.65 bits per heavy atom. The molecule has 0 bridgehead atoms. The molecule has 0 aromatic heterocycles. The Kier molecular flexibility index (Phi) is 9.15. The van der Waals surface area contributed by atoms with Crippen molar-refractivity contribution in [2.24, 2.45) is 0 Å². The summed E-state index contributed by atoms with van der Waals surface area (Å²) in [6.07, 6.45) is -4.67. The summed E-state index contributed by atoms with van der Waals surface area (Å²) in [4.78, 5) is 43.9. The van der Waals surface area contributed by atoms with Gasteiger partial charge in [0.25, 0.3) is 5.91 Å². The van der Waals surface area contributed by atoms with Crippen LogP contribution in [-0.2, 0) is 27.0 Å². The second kappa shape index (κ2) is 12.6. The van der Waals surface area contributed by atoms with E-state index in [0.29, 0.717) is 5.56 Å². The highest BCUT2D eigenvalue weighted by atomic mass is 19.4. The third-order valence-electron chi connectivity index (χ3n) is 6.86. The number of para-hydroxylation sites is 1. The Morgan fingerprint density at radius 2 is 1.93 bits per heavy atom. The van der Waals surface area contributed by atoms with Gasteiger partial charge in [0, 0.05) is 51.9 Å². The van der Waals surface area contributed by atoms with Crippen molar-refractivity contribution in [2.45, 2.75) is 18.8 Å². The van der Waals surface area contributed by atoms with Crippen LogP contribution in [0, 0.1) is 0 Å². The number of ether oxygens (including phenoxy) is 2. The maximum atomic E-state index is 13.5. The number of carbonyl (C=O) groups is 3. The number of methoxy groups -OCH3 is 1. The standard InChI is InChI=1S/C27H31F3N4O6/c1-39-17-25(37)33-10-11-34-20(14-33)16-40-23-7-6-19(27(28,29)30)12-21(23)26(38)31-8-9-32(15-24(34)36)13-18-4-2-3-5-22(18)35/h2-7,12,20,35H,8-11,13-17H2,1H3,(H,31,38)/t20-/m0/s1. The number of aromatic hydroxyl groups is 1. The van der Waals surface area contributed by atoms with Crippen molar-refractivity contribution in [1.29, 1.82) is 0 Å². The second-order valence-corrected chi connectivity index (χ2v) is 9.63.